The van der Waals surface area contributed by atoms with E-state index < -0.39 is 28.6 Å². The van der Waals surface area contributed by atoms with Crippen LogP contribution >= 0.6 is 0 Å². The Morgan fingerprint density at radius 1 is 1.20 bits per heavy atom. The van der Waals surface area contributed by atoms with Gasteiger partial charge in [-0.3, -0.25) is 9.69 Å². The Kier molecular flexibility index (Phi) is 4.27. The molecule has 25 heavy (non-hydrogen) atoms. The Hall–Kier alpha value is -2.08. The standard InChI is InChI=1S/C19H25NO5/c1-17(2,3)25-16(23)20-12-18(15(21)22)10-19(20,11-18)13-24-9-14-7-5-4-6-8-14/h4-8H,9-13H2,1-3H3,(H,21,22). The predicted molar refractivity (Wildman–Crippen MR) is 91.1 cm³/mol. The third-order valence-corrected chi connectivity index (χ3v) is 4.92. The molecule has 2 bridgehead atoms. The molecular formula is C19H25NO5. The molecule has 2 aliphatic heterocycles. The highest BCUT2D eigenvalue weighted by Gasteiger charge is 2.71. The molecule has 0 unspecified atom stereocenters. The predicted octanol–water partition coefficient (Wildman–Crippen LogP) is 3.06. The summed E-state index contributed by atoms with van der Waals surface area (Å²) in [6, 6.07) is 9.77. The average Bonchev–Trinajstić information content (AvgIpc) is 2.98. The smallest absolute Gasteiger partial charge is 0.410 e. The molecule has 2 saturated heterocycles. The molecule has 2 heterocycles. The van der Waals surface area contributed by atoms with Gasteiger partial charge in [0, 0.05) is 6.54 Å². The topological polar surface area (TPSA) is 76.1 Å². The Balaban J connectivity index is 1.68. The van der Waals surface area contributed by atoms with Crippen LogP contribution in [0.25, 0.3) is 0 Å². The van der Waals surface area contributed by atoms with Crippen molar-refractivity contribution in [2.45, 2.75) is 51.4 Å². The van der Waals surface area contributed by atoms with E-state index >= 15 is 0 Å². The highest BCUT2D eigenvalue weighted by Crippen LogP contribution is 2.60. The number of amides is 1. The number of benzene rings is 1. The SMILES string of the molecule is CC(C)(C)OC(=O)N1CC2(C(=O)O)CC1(COCc1ccccc1)C2. The second kappa shape index (κ2) is 6.02. The number of carbonyl (C=O) groups excluding carboxylic acids is 1. The minimum absolute atomic E-state index is 0.186. The quantitative estimate of drug-likeness (QED) is 0.886. The third kappa shape index (κ3) is 3.35. The third-order valence-electron chi connectivity index (χ3n) is 4.92. The lowest BCUT2D eigenvalue weighted by atomic mass is 9.62. The summed E-state index contributed by atoms with van der Waals surface area (Å²) in [5.74, 6) is -0.850. The van der Waals surface area contributed by atoms with Crippen molar-refractivity contribution in [1.82, 2.24) is 4.90 Å². The summed E-state index contributed by atoms with van der Waals surface area (Å²) in [5.41, 5.74) is -1.00. The Bertz CT molecular complexity index is 658. The van der Waals surface area contributed by atoms with Gasteiger partial charge in [-0.05, 0) is 39.2 Å². The molecule has 1 saturated carbocycles. The molecule has 6 nitrogen and oxygen atoms in total. The number of fused-ring (bicyclic) bond motifs is 1. The molecule has 0 atom stereocenters. The van der Waals surface area contributed by atoms with Crippen molar-refractivity contribution in [2.24, 2.45) is 5.41 Å². The highest BCUT2D eigenvalue weighted by molar-refractivity contribution is 5.82. The minimum Gasteiger partial charge on any atom is -0.481 e. The van der Waals surface area contributed by atoms with Crippen LogP contribution < -0.4 is 0 Å². The number of carbonyl (C=O) groups is 2. The van der Waals surface area contributed by atoms with Crippen LogP contribution in [-0.2, 0) is 20.9 Å². The second-order valence-electron chi connectivity index (χ2n) is 8.21. The number of aliphatic carboxylic acids is 1. The molecule has 1 aliphatic carbocycles. The van der Waals surface area contributed by atoms with Gasteiger partial charge in [-0.1, -0.05) is 30.3 Å². The monoisotopic (exact) mass is 347 g/mol. The Morgan fingerprint density at radius 2 is 1.84 bits per heavy atom. The van der Waals surface area contributed by atoms with E-state index in [1.165, 1.54) is 0 Å². The van der Waals surface area contributed by atoms with E-state index in [-0.39, 0.29) is 6.54 Å². The number of hydrogen-bond donors (Lipinski definition) is 1. The molecule has 0 aromatic heterocycles. The lowest BCUT2D eigenvalue weighted by Gasteiger charge is -2.45. The minimum atomic E-state index is -0.854. The fourth-order valence-electron chi connectivity index (χ4n) is 3.89. The van der Waals surface area contributed by atoms with Crippen molar-refractivity contribution in [3.63, 3.8) is 0 Å². The van der Waals surface area contributed by atoms with Crippen molar-refractivity contribution >= 4 is 12.1 Å². The van der Waals surface area contributed by atoms with Gasteiger partial charge < -0.3 is 14.6 Å². The molecular weight excluding hydrogens is 322 g/mol. The zero-order valence-corrected chi connectivity index (χ0v) is 14.9. The molecule has 4 rings (SSSR count). The van der Waals surface area contributed by atoms with Crippen molar-refractivity contribution in [3.8, 4) is 0 Å². The molecule has 1 N–H and O–H groups in total. The van der Waals surface area contributed by atoms with Gasteiger partial charge in [-0.15, -0.1) is 0 Å². The largest absolute Gasteiger partial charge is 0.481 e. The second-order valence-corrected chi connectivity index (χ2v) is 8.21. The van der Waals surface area contributed by atoms with E-state index in [1.54, 1.807) is 25.7 Å². The van der Waals surface area contributed by atoms with Gasteiger partial charge in [-0.2, -0.15) is 0 Å². The summed E-state index contributed by atoms with van der Waals surface area (Å²) in [6.07, 6.45) is 0.378. The summed E-state index contributed by atoms with van der Waals surface area (Å²) in [4.78, 5) is 25.8. The number of ether oxygens (including phenoxy) is 2. The maximum atomic E-state index is 12.6. The average molecular weight is 347 g/mol. The van der Waals surface area contributed by atoms with Crippen LogP contribution in [0.4, 0.5) is 4.79 Å². The molecule has 1 aromatic carbocycles. The van der Waals surface area contributed by atoms with Crippen LogP contribution in [0.15, 0.2) is 30.3 Å². The van der Waals surface area contributed by atoms with Gasteiger partial charge in [0.05, 0.1) is 24.2 Å². The summed E-state index contributed by atoms with van der Waals surface area (Å²) in [6.45, 7) is 6.34. The van der Waals surface area contributed by atoms with Gasteiger partial charge in [-0.25, -0.2) is 4.79 Å². The fraction of sp³-hybridized carbons (Fsp3) is 0.579. The number of carboxylic acid groups (broad SMARTS) is 1. The summed E-state index contributed by atoms with van der Waals surface area (Å²) >= 11 is 0. The molecule has 1 aromatic rings. The molecule has 3 aliphatic rings. The van der Waals surface area contributed by atoms with Crippen LogP contribution in [0.2, 0.25) is 0 Å². The van der Waals surface area contributed by atoms with Crippen LogP contribution in [0, 0.1) is 5.41 Å². The molecule has 0 radical (unpaired) electrons. The molecule has 6 heteroatoms. The van der Waals surface area contributed by atoms with E-state index in [0.29, 0.717) is 26.1 Å². The zero-order chi connectivity index (χ0) is 18.3. The van der Waals surface area contributed by atoms with Crippen molar-refractivity contribution in [1.29, 1.82) is 0 Å². The van der Waals surface area contributed by atoms with E-state index in [0.717, 1.165) is 5.56 Å². The van der Waals surface area contributed by atoms with Gasteiger partial charge in [0.25, 0.3) is 0 Å². The highest BCUT2D eigenvalue weighted by atomic mass is 16.6. The summed E-state index contributed by atoms with van der Waals surface area (Å²) < 4.78 is 11.3. The normalized spacial score (nSPS) is 27.7. The van der Waals surface area contributed by atoms with Gasteiger partial charge in [0.2, 0.25) is 0 Å². The molecule has 3 fully saturated rings. The van der Waals surface area contributed by atoms with E-state index in [2.05, 4.69) is 0 Å². The lowest BCUT2D eigenvalue weighted by molar-refractivity contribution is -0.155. The maximum Gasteiger partial charge on any atom is 0.410 e. The first-order valence-corrected chi connectivity index (χ1v) is 8.52. The number of carboxylic acids is 1. The van der Waals surface area contributed by atoms with Crippen molar-refractivity contribution < 1.29 is 24.2 Å². The van der Waals surface area contributed by atoms with E-state index in [4.69, 9.17) is 9.47 Å². The first-order valence-electron chi connectivity index (χ1n) is 8.52. The maximum absolute atomic E-state index is 12.6. The molecule has 1 amide bonds. The Labute approximate surface area is 147 Å². The van der Waals surface area contributed by atoms with Crippen LogP contribution in [0.1, 0.15) is 39.2 Å². The summed E-state index contributed by atoms with van der Waals surface area (Å²) in [7, 11) is 0. The van der Waals surface area contributed by atoms with Crippen LogP contribution in [-0.4, -0.2) is 46.4 Å². The lowest BCUT2D eigenvalue weighted by Crippen LogP contribution is -2.56. The van der Waals surface area contributed by atoms with Crippen molar-refractivity contribution in [3.05, 3.63) is 35.9 Å². The fourth-order valence-corrected chi connectivity index (χ4v) is 3.89. The van der Waals surface area contributed by atoms with E-state index in [1.807, 2.05) is 30.3 Å². The van der Waals surface area contributed by atoms with Crippen molar-refractivity contribution in [2.75, 3.05) is 13.2 Å². The van der Waals surface area contributed by atoms with E-state index in [9.17, 15) is 14.7 Å². The number of rotatable bonds is 5. The number of hydrogen-bond acceptors (Lipinski definition) is 4. The number of nitrogens with zero attached hydrogens (tertiary/aromatic N) is 1. The van der Waals surface area contributed by atoms with Gasteiger partial charge in [0.1, 0.15) is 5.60 Å². The summed E-state index contributed by atoms with van der Waals surface area (Å²) in [5, 5.41) is 9.54. The first kappa shape index (κ1) is 17.7. The first-order chi connectivity index (χ1) is 11.7. The molecule has 0 spiro atoms. The Morgan fingerprint density at radius 3 is 2.40 bits per heavy atom. The van der Waals surface area contributed by atoms with Crippen LogP contribution in [0.5, 0.6) is 0 Å². The molecule has 136 valence electrons. The van der Waals surface area contributed by atoms with Gasteiger partial charge >= 0.3 is 12.1 Å². The van der Waals surface area contributed by atoms with Gasteiger partial charge in [0.15, 0.2) is 0 Å². The van der Waals surface area contributed by atoms with Crippen LogP contribution in [0.3, 0.4) is 0 Å². The zero-order valence-electron chi connectivity index (χ0n) is 14.9.